The lowest BCUT2D eigenvalue weighted by Gasteiger charge is -2.08. The predicted octanol–water partition coefficient (Wildman–Crippen LogP) is 3.97. The molecule has 0 saturated carbocycles. The van der Waals surface area contributed by atoms with Crippen LogP contribution >= 0.6 is 0 Å². The van der Waals surface area contributed by atoms with E-state index in [1.54, 1.807) is 24.4 Å². The Labute approximate surface area is 164 Å². The molecule has 5 heteroatoms. The zero-order chi connectivity index (χ0) is 19.8. The van der Waals surface area contributed by atoms with Crippen molar-refractivity contribution in [2.45, 2.75) is 13.5 Å². The first-order chi connectivity index (χ1) is 13.6. The molecule has 2 N–H and O–H groups in total. The molecule has 3 rings (SSSR count). The van der Waals surface area contributed by atoms with Crippen molar-refractivity contribution in [3.63, 3.8) is 0 Å². The maximum Gasteiger partial charge on any atom is 0.253 e. The minimum atomic E-state index is -0.210. The van der Waals surface area contributed by atoms with Crippen LogP contribution in [0.1, 0.15) is 27.0 Å². The van der Waals surface area contributed by atoms with Gasteiger partial charge in [0.2, 0.25) is 5.91 Å². The Morgan fingerprint density at radius 3 is 2.68 bits per heavy atom. The fraction of sp³-hybridized carbons (Fsp3) is 0.0870. The van der Waals surface area contributed by atoms with E-state index in [9.17, 15) is 9.59 Å². The van der Waals surface area contributed by atoms with Gasteiger partial charge in [-0.3, -0.25) is 14.6 Å². The van der Waals surface area contributed by atoms with Gasteiger partial charge >= 0.3 is 0 Å². The zero-order valence-electron chi connectivity index (χ0n) is 15.6. The Morgan fingerprint density at radius 2 is 1.89 bits per heavy atom. The van der Waals surface area contributed by atoms with Crippen LogP contribution in [0.4, 0.5) is 5.69 Å². The quantitative estimate of drug-likeness (QED) is 0.644. The molecular formula is C23H21N3O2. The number of carbonyl (C=O) groups is 2. The number of aryl methyl sites for hydroxylation is 1. The number of hydrogen-bond acceptors (Lipinski definition) is 3. The van der Waals surface area contributed by atoms with E-state index in [4.69, 9.17) is 0 Å². The number of carbonyl (C=O) groups excluding carboxylic acids is 2. The van der Waals surface area contributed by atoms with E-state index in [-0.39, 0.29) is 11.8 Å². The molecule has 0 fully saturated rings. The van der Waals surface area contributed by atoms with Crippen molar-refractivity contribution < 1.29 is 9.59 Å². The second-order valence-electron chi connectivity index (χ2n) is 6.36. The van der Waals surface area contributed by atoms with Crippen molar-refractivity contribution in [3.8, 4) is 0 Å². The lowest BCUT2D eigenvalue weighted by Crippen LogP contribution is -2.22. The van der Waals surface area contributed by atoms with Crippen LogP contribution in [0.15, 0.2) is 79.1 Å². The zero-order valence-corrected chi connectivity index (χ0v) is 15.6. The predicted molar refractivity (Wildman–Crippen MR) is 111 cm³/mol. The summed E-state index contributed by atoms with van der Waals surface area (Å²) in [6.07, 6.45) is 6.43. The fourth-order valence-corrected chi connectivity index (χ4v) is 2.67. The molecule has 3 aromatic rings. The first kappa shape index (κ1) is 19.0. The minimum absolute atomic E-state index is 0.191. The number of rotatable bonds is 6. The maximum absolute atomic E-state index is 12.2. The van der Waals surface area contributed by atoms with Gasteiger partial charge in [0.15, 0.2) is 0 Å². The molecular weight excluding hydrogens is 350 g/mol. The van der Waals surface area contributed by atoms with Crippen LogP contribution in [0.2, 0.25) is 0 Å². The number of aromatic nitrogens is 1. The van der Waals surface area contributed by atoms with Crippen molar-refractivity contribution in [2.24, 2.45) is 0 Å². The number of amides is 2. The molecule has 2 amide bonds. The number of hydrogen-bond donors (Lipinski definition) is 2. The minimum Gasteiger partial charge on any atom is -0.348 e. The van der Waals surface area contributed by atoms with Gasteiger partial charge in [0, 0.05) is 30.7 Å². The molecule has 0 bridgehead atoms. The van der Waals surface area contributed by atoms with Gasteiger partial charge < -0.3 is 10.6 Å². The molecule has 140 valence electrons. The molecule has 0 unspecified atom stereocenters. The van der Waals surface area contributed by atoms with Gasteiger partial charge in [0.1, 0.15) is 0 Å². The summed E-state index contributed by atoms with van der Waals surface area (Å²) in [7, 11) is 0. The fourth-order valence-electron chi connectivity index (χ4n) is 2.67. The van der Waals surface area contributed by atoms with Crippen LogP contribution in [0.25, 0.3) is 6.08 Å². The normalized spacial score (nSPS) is 10.6. The monoisotopic (exact) mass is 371 g/mol. The second kappa shape index (κ2) is 9.28. The van der Waals surface area contributed by atoms with E-state index in [0.29, 0.717) is 17.8 Å². The van der Waals surface area contributed by atoms with Crippen LogP contribution in [-0.4, -0.2) is 16.8 Å². The Bertz CT molecular complexity index is 997. The molecule has 1 aromatic heterocycles. The third-order valence-electron chi connectivity index (χ3n) is 4.04. The molecule has 0 saturated heterocycles. The standard InChI is InChI=1S/C23H21N3O2/c1-17-5-2-6-18(13-17)10-11-22(27)26-21-9-3-7-19(14-21)15-25-23(28)20-8-4-12-24-16-20/h2-14,16H,15H2,1H3,(H,25,28)(H,26,27)/b11-10+. The Balaban J connectivity index is 1.57. The van der Waals surface area contributed by atoms with E-state index in [2.05, 4.69) is 15.6 Å². The Kier molecular flexibility index (Phi) is 6.31. The summed E-state index contributed by atoms with van der Waals surface area (Å²) < 4.78 is 0. The molecule has 0 radical (unpaired) electrons. The van der Waals surface area contributed by atoms with Crippen molar-refractivity contribution in [2.75, 3.05) is 5.32 Å². The van der Waals surface area contributed by atoms with Crippen LogP contribution in [0.3, 0.4) is 0 Å². The molecule has 1 heterocycles. The maximum atomic E-state index is 12.2. The molecule has 0 aliphatic rings. The topological polar surface area (TPSA) is 71.1 Å². The van der Waals surface area contributed by atoms with Crippen LogP contribution in [0, 0.1) is 6.92 Å². The summed E-state index contributed by atoms with van der Waals surface area (Å²) in [5.74, 6) is -0.401. The molecule has 0 aliphatic carbocycles. The van der Waals surface area contributed by atoms with Crippen LogP contribution in [-0.2, 0) is 11.3 Å². The lowest BCUT2D eigenvalue weighted by atomic mass is 10.1. The largest absolute Gasteiger partial charge is 0.348 e. The van der Waals surface area contributed by atoms with E-state index < -0.39 is 0 Å². The van der Waals surface area contributed by atoms with Crippen molar-refractivity contribution in [1.82, 2.24) is 10.3 Å². The molecule has 0 atom stereocenters. The van der Waals surface area contributed by atoms with E-state index in [1.807, 2.05) is 55.5 Å². The summed E-state index contributed by atoms with van der Waals surface area (Å²) in [4.78, 5) is 28.2. The Morgan fingerprint density at radius 1 is 1.04 bits per heavy atom. The van der Waals surface area contributed by atoms with E-state index in [1.165, 1.54) is 12.3 Å². The number of pyridine rings is 1. The third-order valence-corrected chi connectivity index (χ3v) is 4.04. The van der Waals surface area contributed by atoms with Gasteiger partial charge in [-0.2, -0.15) is 0 Å². The van der Waals surface area contributed by atoms with Gasteiger partial charge in [-0.15, -0.1) is 0 Å². The second-order valence-corrected chi connectivity index (χ2v) is 6.36. The summed E-state index contributed by atoms with van der Waals surface area (Å²) >= 11 is 0. The number of nitrogens with one attached hydrogen (secondary N) is 2. The molecule has 0 aliphatic heterocycles. The molecule has 5 nitrogen and oxygen atoms in total. The average molecular weight is 371 g/mol. The first-order valence-electron chi connectivity index (χ1n) is 8.93. The smallest absolute Gasteiger partial charge is 0.253 e. The number of anilines is 1. The third kappa shape index (κ3) is 5.64. The summed E-state index contributed by atoms with van der Waals surface area (Å²) in [6, 6.07) is 18.7. The SMILES string of the molecule is Cc1cccc(/C=C/C(=O)Nc2cccc(CNC(=O)c3cccnc3)c2)c1. The molecule has 2 aromatic carbocycles. The summed E-state index contributed by atoms with van der Waals surface area (Å²) in [5, 5.41) is 5.68. The highest BCUT2D eigenvalue weighted by Crippen LogP contribution is 2.12. The van der Waals surface area contributed by atoms with Crippen LogP contribution < -0.4 is 10.6 Å². The highest BCUT2D eigenvalue weighted by atomic mass is 16.2. The summed E-state index contributed by atoms with van der Waals surface area (Å²) in [6.45, 7) is 2.37. The van der Waals surface area contributed by atoms with Gasteiger partial charge in [0.25, 0.3) is 5.91 Å². The van der Waals surface area contributed by atoms with E-state index >= 15 is 0 Å². The first-order valence-corrected chi connectivity index (χ1v) is 8.93. The highest BCUT2D eigenvalue weighted by Gasteiger charge is 2.05. The average Bonchev–Trinajstić information content (AvgIpc) is 2.71. The number of nitrogens with zero attached hydrogens (tertiary/aromatic N) is 1. The highest BCUT2D eigenvalue weighted by molar-refractivity contribution is 6.02. The van der Waals surface area contributed by atoms with Gasteiger partial charge in [-0.25, -0.2) is 0 Å². The Hall–Kier alpha value is -3.73. The van der Waals surface area contributed by atoms with Gasteiger partial charge in [-0.1, -0.05) is 42.0 Å². The molecule has 28 heavy (non-hydrogen) atoms. The summed E-state index contributed by atoms with van der Waals surface area (Å²) in [5.41, 5.74) is 4.18. The van der Waals surface area contributed by atoms with Crippen molar-refractivity contribution in [3.05, 3.63) is 101 Å². The van der Waals surface area contributed by atoms with E-state index in [0.717, 1.165) is 16.7 Å². The number of benzene rings is 2. The van der Waals surface area contributed by atoms with Crippen LogP contribution in [0.5, 0.6) is 0 Å². The van der Waals surface area contributed by atoms with Crippen molar-refractivity contribution in [1.29, 1.82) is 0 Å². The van der Waals surface area contributed by atoms with Gasteiger partial charge in [-0.05, 0) is 48.4 Å². The van der Waals surface area contributed by atoms with Gasteiger partial charge in [0.05, 0.1) is 5.56 Å². The lowest BCUT2D eigenvalue weighted by molar-refractivity contribution is -0.111. The van der Waals surface area contributed by atoms with Crippen molar-refractivity contribution >= 4 is 23.6 Å². The molecule has 0 spiro atoms.